The van der Waals surface area contributed by atoms with Gasteiger partial charge in [0.2, 0.25) is 0 Å². The lowest BCUT2D eigenvalue weighted by Gasteiger charge is -2.02. The zero-order valence-corrected chi connectivity index (χ0v) is 9.89. The lowest BCUT2D eigenvalue weighted by atomic mass is 10.5. The van der Waals surface area contributed by atoms with E-state index in [0.717, 1.165) is 16.9 Å². The Kier molecular flexibility index (Phi) is 2.56. The van der Waals surface area contributed by atoms with Crippen molar-refractivity contribution < 1.29 is 9.13 Å². The maximum Gasteiger partial charge on any atom is 0.318 e. The molecular weight excluding hydrogens is 257 g/mol. The van der Waals surface area contributed by atoms with Crippen molar-refractivity contribution in [1.29, 1.82) is 0 Å². The summed E-state index contributed by atoms with van der Waals surface area (Å²) < 4.78 is 20.0. The van der Waals surface area contributed by atoms with E-state index in [2.05, 4.69) is 15.0 Å². The molecular formula is C10H8FN5OS. The highest BCUT2D eigenvalue weighted by Gasteiger charge is 2.07. The minimum atomic E-state index is -0.662. The number of nitrogens with zero attached hydrogens (tertiary/aromatic N) is 4. The van der Waals surface area contributed by atoms with E-state index in [1.807, 2.05) is 22.2 Å². The first kappa shape index (κ1) is 10.9. The van der Waals surface area contributed by atoms with Gasteiger partial charge in [0.15, 0.2) is 16.6 Å². The molecule has 0 bridgehead atoms. The first-order valence-corrected chi connectivity index (χ1v) is 5.92. The second-order valence-corrected chi connectivity index (χ2v) is 4.37. The third-order valence-corrected chi connectivity index (χ3v) is 3.01. The zero-order chi connectivity index (χ0) is 12.5. The lowest BCUT2D eigenvalue weighted by molar-refractivity contribution is 0.276. The highest BCUT2D eigenvalue weighted by atomic mass is 32.1. The number of nitrogen functional groups attached to an aromatic ring is 1. The maximum absolute atomic E-state index is 12.8. The quantitative estimate of drug-likeness (QED) is 0.776. The fraction of sp³-hybridized carbons (Fsp3) is 0.100. The molecule has 3 aromatic rings. The predicted molar refractivity (Wildman–Crippen MR) is 63.8 cm³/mol. The summed E-state index contributed by atoms with van der Waals surface area (Å²) in [6.07, 6.45) is 4.73. The Balaban J connectivity index is 1.73. The molecule has 8 heteroatoms. The van der Waals surface area contributed by atoms with E-state index in [9.17, 15) is 4.39 Å². The summed E-state index contributed by atoms with van der Waals surface area (Å²) in [7, 11) is 0. The van der Waals surface area contributed by atoms with Crippen LogP contribution in [0.4, 0.5) is 10.2 Å². The molecule has 0 radical (unpaired) electrons. The normalized spacial score (nSPS) is 10.9. The van der Waals surface area contributed by atoms with Gasteiger partial charge >= 0.3 is 6.01 Å². The number of hydrogen-bond acceptors (Lipinski definition) is 6. The lowest BCUT2D eigenvalue weighted by Crippen LogP contribution is -2.03. The minimum absolute atomic E-state index is 0.0326. The fourth-order valence-corrected chi connectivity index (χ4v) is 2.14. The monoisotopic (exact) mass is 265 g/mol. The molecule has 3 rings (SSSR count). The molecule has 3 aromatic heterocycles. The number of imidazole rings is 1. The van der Waals surface area contributed by atoms with Gasteiger partial charge in [-0.05, 0) is 0 Å². The van der Waals surface area contributed by atoms with Gasteiger partial charge in [-0.25, -0.2) is 14.4 Å². The molecule has 0 aliphatic rings. The van der Waals surface area contributed by atoms with Crippen molar-refractivity contribution in [2.45, 2.75) is 6.61 Å². The Bertz CT molecular complexity index is 666. The van der Waals surface area contributed by atoms with Crippen molar-refractivity contribution in [1.82, 2.24) is 19.4 Å². The Morgan fingerprint density at radius 2 is 2.33 bits per heavy atom. The van der Waals surface area contributed by atoms with Crippen LogP contribution in [0.15, 0.2) is 24.0 Å². The summed E-state index contributed by atoms with van der Waals surface area (Å²) in [6.45, 7) is 0.208. The standard InChI is InChI=1S/C10H8FN5OS/c11-7-3-13-9(15-8(7)12)17-5-6-4-16-1-2-18-10(16)14-6/h1-4H,5H2,(H2,12,13,15). The molecule has 92 valence electrons. The van der Waals surface area contributed by atoms with E-state index in [1.54, 1.807) is 0 Å². The number of nitrogens with two attached hydrogens (primary N) is 1. The number of fused-ring (bicyclic) bond motifs is 1. The molecule has 0 unspecified atom stereocenters. The first-order valence-electron chi connectivity index (χ1n) is 5.04. The van der Waals surface area contributed by atoms with Crippen LogP contribution in [0.2, 0.25) is 0 Å². The molecule has 0 aliphatic carbocycles. The van der Waals surface area contributed by atoms with Gasteiger partial charge in [-0.2, -0.15) is 4.98 Å². The van der Waals surface area contributed by atoms with Crippen molar-refractivity contribution in [3.05, 3.63) is 35.5 Å². The van der Waals surface area contributed by atoms with Gasteiger partial charge in [-0.15, -0.1) is 11.3 Å². The van der Waals surface area contributed by atoms with E-state index in [0.29, 0.717) is 0 Å². The van der Waals surface area contributed by atoms with Crippen LogP contribution in [0.1, 0.15) is 5.69 Å². The summed E-state index contributed by atoms with van der Waals surface area (Å²) in [5.74, 6) is -0.893. The zero-order valence-electron chi connectivity index (χ0n) is 9.08. The van der Waals surface area contributed by atoms with Crippen LogP contribution in [0.5, 0.6) is 6.01 Å². The van der Waals surface area contributed by atoms with Crippen molar-refractivity contribution in [3.8, 4) is 6.01 Å². The number of aromatic nitrogens is 4. The molecule has 0 aromatic carbocycles. The van der Waals surface area contributed by atoms with Crippen LogP contribution in [0, 0.1) is 5.82 Å². The van der Waals surface area contributed by atoms with Crippen LogP contribution in [0.3, 0.4) is 0 Å². The number of halogens is 1. The Labute approximate surface area is 105 Å². The van der Waals surface area contributed by atoms with Gasteiger partial charge in [0.05, 0.1) is 11.9 Å². The topological polar surface area (TPSA) is 78.3 Å². The van der Waals surface area contributed by atoms with Crippen molar-refractivity contribution in [2.24, 2.45) is 0 Å². The molecule has 0 amide bonds. The van der Waals surface area contributed by atoms with E-state index < -0.39 is 5.82 Å². The minimum Gasteiger partial charge on any atom is -0.457 e. The number of thiazole rings is 1. The largest absolute Gasteiger partial charge is 0.457 e. The van der Waals surface area contributed by atoms with Crippen LogP contribution < -0.4 is 10.5 Å². The molecule has 0 fully saturated rings. The highest BCUT2D eigenvalue weighted by Crippen LogP contribution is 2.14. The second-order valence-electron chi connectivity index (χ2n) is 3.50. The molecule has 0 spiro atoms. The van der Waals surface area contributed by atoms with Crippen LogP contribution in [-0.2, 0) is 6.61 Å². The molecule has 18 heavy (non-hydrogen) atoms. The fourth-order valence-electron chi connectivity index (χ4n) is 1.42. The number of rotatable bonds is 3. The summed E-state index contributed by atoms with van der Waals surface area (Å²) in [5, 5.41) is 1.94. The van der Waals surface area contributed by atoms with Crippen molar-refractivity contribution in [3.63, 3.8) is 0 Å². The Hall–Kier alpha value is -2.22. The third-order valence-electron chi connectivity index (χ3n) is 2.24. The second kappa shape index (κ2) is 4.22. The predicted octanol–water partition coefficient (Wildman–Crippen LogP) is 1.49. The SMILES string of the molecule is Nc1nc(OCc2cn3ccsc3n2)ncc1F. The van der Waals surface area contributed by atoms with Gasteiger partial charge in [0.25, 0.3) is 0 Å². The summed E-state index contributed by atoms with van der Waals surface area (Å²) >= 11 is 1.53. The molecule has 6 nitrogen and oxygen atoms in total. The first-order chi connectivity index (χ1) is 8.72. The van der Waals surface area contributed by atoms with E-state index >= 15 is 0 Å². The van der Waals surface area contributed by atoms with Crippen LogP contribution in [0.25, 0.3) is 4.96 Å². The number of anilines is 1. The summed E-state index contributed by atoms with van der Waals surface area (Å²) in [4.78, 5) is 12.5. The molecule has 2 N–H and O–H groups in total. The molecule has 0 atom stereocenters. The molecule has 0 aliphatic heterocycles. The van der Waals surface area contributed by atoms with Gasteiger partial charge in [-0.1, -0.05) is 0 Å². The van der Waals surface area contributed by atoms with Gasteiger partial charge in [0.1, 0.15) is 6.61 Å². The van der Waals surface area contributed by atoms with E-state index in [-0.39, 0.29) is 18.4 Å². The Morgan fingerprint density at radius 3 is 3.11 bits per heavy atom. The molecule has 0 saturated heterocycles. The maximum atomic E-state index is 12.8. The van der Waals surface area contributed by atoms with Crippen molar-refractivity contribution >= 4 is 22.1 Å². The highest BCUT2D eigenvalue weighted by molar-refractivity contribution is 7.15. The van der Waals surface area contributed by atoms with Gasteiger partial charge in [0, 0.05) is 17.8 Å². The van der Waals surface area contributed by atoms with Gasteiger partial charge < -0.3 is 10.5 Å². The van der Waals surface area contributed by atoms with Crippen LogP contribution >= 0.6 is 11.3 Å². The average molecular weight is 265 g/mol. The van der Waals surface area contributed by atoms with E-state index in [1.165, 1.54) is 11.3 Å². The van der Waals surface area contributed by atoms with Crippen molar-refractivity contribution in [2.75, 3.05) is 5.73 Å². The van der Waals surface area contributed by atoms with Gasteiger partial charge in [-0.3, -0.25) is 4.40 Å². The molecule has 3 heterocycles. The third kappa shape index (κ3) is 1.97. The number of ether oxygens (including phenoxy) is 1. The Morgan fingerprint density at radius 1 is 1.44 bits per heavy atom. The summed E-state index contributed by atoms with van der Waals surface area (Å²) in [6, 6.07) is 0.0326. The smallest absolute Gasteiger partial charge is 0.318 e. The summed E-state index contributed by atoms with van der Waals surface area (Å²) in [5.41, 5.74) is 6.05. The molecule has 0 saturated carbocycles. The van der Waals surface area contributed by atoms with Crippen LogP contribution in [-0.4, -0.2) is 19.4 Å². The average Bonchev–Trinajstić information content (AvgIpc) is 2.91. The van der Waals surface area contributed by atoms with E-state index in [4.69, 9.17) is 10.5 Å². The number of hydrogen-bond donors (Lipinski definition) is 1.